The Morgan fingerprint density at radius 2 is 2.00 bits per heavy atom. The number of nitrogens with zero attached hydrogens (tertiary/aromatic N) is 3. The highest BCUT2D eigenvalue weighted by molar-refractivity contribution is 6.33. The van der Waals surface area contributed by atoms with Crippen molar-refractivity contribution in [2.24, 2.45) is 0 Å². The second-order valence-corrected chi connectivity index (χ2v) is 6.94. The van der Waals surface area contributed by atoms with Gasteiger partial charge in [-0.25, -0.2) is 4.68 Å². The van der Waals surface area contributed by atoms with E-state index in [0.717, 1.165) is 18.5 Å². The van der Waals surface area contributed by atoms with E-state index in [1.54, 1.807) is 6.20 Å². The maximum Gasteiger partial charge on any atom is 0.287 e. The largest absolute Gasteiger partial charge is 0.369 e. The zero-order chi connectivity index (χ0) is 15.1. The second kappa shape index (κ2) is 5.61. The van der Waals surface area contributed by atoms with E-state index in [9.17, 15) is 4.79 Å². The van der Waals surface area contributed by atoms with Crippen LogP contribution in [0.3, 0.4) is 0 Å². The van der Waals surface area contributed by atoms with Crippen molar-refractivity contribution in [3.8, 4) is 0 Å². The van der Waals surface area contributed by atoms with Gasteiger partial charge in [-0.1, -0.05) is 11.6 Å². The highest BCUT2D eigenvalue weighted by Gasteiger charge is 2.35. The third kappa shape index (κ3) is 2.69. The Morgan fingerprint density at radius 1 is 1.38 bits per heavy atom. The van der Waals surface area contributed by atoms with E-state index in [-0.39, 0.29) is 16.6 Å². The molecule has 2 aliphatic rings. The number of halogens is 1. The topological polar surface area (TPSA) is 50.2 Å². The van der Waals surface area contributed by atoms with E-state index in [1.165, 1.54) is 17.5 Å². The van der Waals surface area contributed by atoms with E-state index in [1.807, 2.05) is 20.9 Å². The van der Waals surface area contributed by atoms with Crippen LogP contribution in [-0.4, -0.2) is 35.0 Å². The summed E-state index contributed by atoms with van der Waals surface area (Å²) in [5.41, 5.74) is 0.554. The molecule has 6 heteroatoms. The molecule has 3 heterocycles. The highest BCUT2D eigenvalue weighted by atomic mass is 35.5. The van der Waals surface area contributed by atoms with E-state index < -0.39 is 0 Å². The molecule has 0 aromatic carbocycles. The van der Waals surface area contributed by atoms with Crippen LogP contribution in [0.1, 0.15) is 45.6 Å². The fourth-order valence-electron chi connectivity index (χ4n) is 3.59. The Morgan fingerprint density at radius 3 is 2.57 bits per heavy atom. The first-order chi connectivity index (χ1) is 9.97. The average Bonchev–Trinajstić information content (AvgIpc) is 2.79. The van der Waals surface area contributed by atoms with Crippen molar-refractivity contribution in [2.75, 3.05) is 11.9 Å². The minimum Gasteiger partial charge on any atom is -0.369 e. The first-order valence-electron chi connectivity index (χ1n) is 7.73. The van der Waals surface area contributed by atoms with Gasteiger partial charge in [0.25, 0.3) is 5.56 Å². The summed E-state index contributed by atoms with van der Waals surface area (Å²) in [5.74, 6) is 0. The van der Waals surface area contributed by atoms with Gasteiger partial charge in [0.15, 0.2) is 0 Å². The van der Waals surface area contributed by atoms with Crippen molar-refractivity contribution in [2.45, 2.75) is 63.7 Å². The number of hydrogen-bond donors (Lipinski definition) is 1. The third-order valence-electron chi connectivity index (χ3n) is 4.79. The van der Waals surface area contributed by atoms with E-state index in [0.29, 0.717) is 18.1 Å². The Bertz CT molecular complexity index is 574. The van der Waals surface area contributed by atoms with Gasteiger partial charge in [-0.3, -0.25) is 4.79 Å². The van der Waals surface area contributed by atoms with Gasteiger partial charge >= 0.3 is 0 Å². The molecular weight excluding hydrogens is 288 g/mol. The number of anilines is 1. The normalized spacial score (nSPS) is 28.1. The van der Waals surface area contributed by atoms with Crippen LogP contribution in [0, 0.1) is 0 Å². The summed E-state index contributed by atoms with van der Waals surface area (Å²) in [6, 6.07) is 1.67. The molecule has 1 aromatic rings. The van der Waals surface area contributed by atoms with Gasteiger partial charge in [0.1, 0.15) is 5.02 Å². The van der Waals surface area contributed by atoms with Crippen molar-refractivity contribution in [1.82, 2.24) is 15.1 Å². The molecule has 0 amide bonds. The number of nitrogens with one attached hydrogen (secondary N) is 1. The van der Waals surface area contributed by atoms with Crippen molar-refractivity contribution in [3.05, 3.63) is 21.6 Å². The van der Waals surface area contributed by atoms with Gasteiger partial charge in [-0.2, -0.15) is 5.10 Å². The van der Waals surface area contributed by atoms with Crippen molar-refractivity contribution >= 4 is 17.3 Å². The van der Waals surface area contributed by atoms with Crippen molar-refractivity contribution < 1.29 is 0 Å². The van der Waals surface area contributed by atoms with Crippen LogP contribution in [0.15, 0.2) is 11.0 Å². The molecule has 1 aromatic heterocycles. The molecule has 3 rings (SSSR count). The van der Waals surface area contributed by atoms with Crippen LogP contribution in [0.25, 0.3) is 0 Å². The monoisotopic (exact) mass is 310 g/mol. The SMILES string of the molecule is CC(C)n1ncc(N(C)C2CC3CCC(C2)N3)c(Cl)c1=O. The van der Waals surface area contributed by atoms with Crippen molar-refractivity contribution in [1.29, 1.82) is 0 Å². The lowest BCUT2D eigenvalue weighted by atomic mass is 9.98. The molecule has 116 valence electrons. The van der Waals surface area contributed by atoms with Crippen LogP contribution in [-0.2, 0) is 0 Å². The van der Waals surface area contributed by atoms with Crippen LogP contribution < -0.4 is 15.8 Å². The Labute approximate surface area is 130 Å². The van der Waals surface area contributed by atoms with Gasteiger partial charge in [0.05, 0.1) is 17.9 Å². The second-order valence-electron chi connectivity index (χ2n) is 6.56. The molecule has 21 heavy (non-hydrogen) atoms. The Hall–Kier alpha value is -1.07. The highest BCUT2D eigenvalue weighted by Crippen LogP contribution is 2.32. The van der Waals surface area contributed by atoms with E-state index in [4.69, 9.17) is 11.6 Å². The van der Waals surface area contributed by atoms with E-state index in [2.05, 4.69) is 15.3 Å². The number of piperidine rings is 1. The number of hydrogen-bond acceptors (Lipinski definition) is 4. The standard InChI is InChI=1S/C15H23ClN4O/c1-9(2)20-15(21)14(16)13(8-17-20)19(3)12-6-10-4-5-11(7-12)18-10/h8-12,18H,4-7H2,1-3H3. The summed E-state index contributed by atoms with van der Waals surface area (Å²) in [7, 11) is 2.03. The summed E-state index contributed by atoms with van der Waals surface area (Å²) in [5, 5.41) is 8.19. The molecule has 1 N–H and O–H groups in total. The zero-order valence-corrected chi connectivity index (χ0v) is 13.6. The summed E-state index contributed by atoms with van der Waals surface area (Å²) in [6.07, 6.45) is 6.47. The average molecular weight is 311 g/mol. The van der Waals surface area contributed by atoms with Crippen LogP contribution in [0.4, 0.5) is 5.69 Å². The Kier molecular flexibility index (Phi) is 3.97. The fraction of sp³-hybridized carbons (Fsp3) is 0.733. The minimum absolute atomic E-state index is 0.0177. The van der Waals surface area contributed by atoms with Crippen molar-refractivity contribution in [3.63, 3.8) is 0 Å². The van der Waals surface area contributed by atoms with E-state index >= 15 is 0 Å². The van der Waals surface area contributed by atoms with Gasteiger partial charge in [0, 0.05) is 25.2 Å². The summed E-state index contributed by atoms with van der Waals surface area (Å²) in [4.78, 5) is 14.4. The lowest BCUT2D eigenvalue weighted by molar-refractivity contribution is 0.354. The maximum atomic E-state index is 12.3. The molecule has 2 bridgehead atoms. The minimum atomic E-state index is -0.201. The molecular formula is C15H23ClN4O. The number of rotatable bonds is 3. The van der Waals surface area contributed by atoms with Crippen LogP contribution in [0.2, 0.25) is 5.02 Å². The molecule has 2 unspecified atom stereocenters. The molecule has 2 fully saturated rings. The Balaban J connectivity index is 1.86. The first-order valence-corrected chi connectivity index (χ1v) is 8.11. The predicted octanol–water partition coefficient (Wildman–Crippen LogP) is 2.20. The fourth-order valence-corrected chi connectivity index (χ4v) is 3.86. The molecule has 0 aliphatic carbocycles. The molecule has 2 aliphatic heterocycles. The lowest BCUT2D eigenvalue weighted by Crippen LogP contribution is -2.47. The summed E-state index contributed by atoms with van der Waals surface area (Å²) < 4.78 is 1.44. The predicted molar refractivity (Wildman–Crippen MR) is 85.3 cm³/mol. The number of fused-ring (bicyclic) bond motifs is 2. The number of aromatic nitrogens is 2. The molecule has 2 saturated heterocycles. The molecule has 0 saturated carbocycles. The van der Waals surface area contributed by atoms with Gasteiger partial charge in [0.2, 0.25) is 0 Å². The molecule has 5 nitrogen and oxygen atoms in total. The van der Waals surface area contributed by atoms with Gasteiger partial charge in [-0.05, 0) is 39.5 Å². The van der Waals surface area contributed by atoms with Gasteiger partial charge in [-0.15, -0.1) is 0 Å². The smallest absolute Gasteiger partial charge is 0.287 e. The molecule has 0 spiro atoms. The molecule has 2 atom stereocenters. The zero-order valence-electron chi connectivity index (χ0n) is 12.8. The third-order valence-corrected chi connectivity index (χ3v) is 5.15. The lowest BCUT2D eigenvalue weighted by Gasteiger charge is -2.37. The summed E-state index contributed by atoms with van der Waals surface area (Å²) >= 11 is 6.31. The quantitative estimate of drug-likeness (QED) is 0.930. The summed E-state index contributed by atoms with van der Waals surface area (Å²) in [6.45, 7) is 3.86. The first kappa shape index (κ1) is 14.9. The molecule has 0 radical (unpaired) electrons. The maximum absolute atomic E-state index is 12.3. The van der Waals surface area contributed by atoms with Gasteiger partial charge < -0.3 is 10.2 Å². The van der Waals surface area contributed by atoms with Crippen LogP contribution >= 0.6 is 11.6 Å². The van der Waals surface area contributed by atoms with Crippen LogP contribution in [0.5, 0.6) is 0 Å².